The van der Waals surface area contributed by atoms with Crippen LogP contribution in [0.5, 0.6) is 0 Å². The molecule has 0 aromatic heterocycles. The minimum absolute atomic E-state index is 0.620. The van der Waals surface area contributed by atoms with Crippen LogP contribution in [-0.2, 0) is 0 Å². The molecule has 0 atom stereocenters. The van der Waals surface area contributed by atoms with Gasteiger partial charge >= 0.3 is 0 Å². The van der Waals surface area contributed by atoms with Crippen molar-refractivity contribution in [3.05, 3.63) is 0 Å². The van der Waals surface area contributed by atoms with E-state index in [1.807, 2.05) is 28.2 Å². The van der Waals surface area contributed by atoms with E-state index in [1.165, 1.54) is 0 Å². The molecule has 0 aliphatic rings. The SMILES string of the molecule is CN(C)C(=S)S.CN(C)C(=S)S. The highest BCUT2D eigenvalue weighted by molar-refractivity contribution is 8.11. The topological polar surface area (TPSA) is 6.48 Å². The minimum Gasteiger partial charge on any atom is -0.364 e. The van der Waals surface area contributed by atoms with Gasteiger partial charge in [-0.05, 0) is 0 Å². The van der Waals surface area contributed by atoms with E-state index in [2.05, 4.69) is 49.7 Å². The number of thiol groups is 2. The smallest absolute Gasteiger partial charge is 0.132 e. The summed E-state index contributed by atoms with van der Waals surface area (Å²) in [6, 6.07) is 0. The van der Waals surface area contributed by atoms with Crippen LogP contribution in [0, 0.1) is 0 Å². The van der Waals surface area contributed by atoms with Crippen LogP contribution >= 0.6 is 49.7 Å². The molecular formula is C6H14N2S4. The van der Waals surface area contributed by atoms with Crippen molar-refractivity contribution < 1.29 is 0 Å². The van der Waals surface area contributed by atoms with Crippen molar-refractivity contribution in [2.75, 3.05) is 28.2 Å². The van der Waals surface area contributed by atoms with Crippen LogP contribution in [0.3, 0.4) is 0 Å². The molecule has 0 amide bonds. The number of thiocarbonyl (C=S) groups is 2. The van der Waals surface area contributed by atoms with Gasteiger partial charge in [0, 0.05) is 28.2 Å². The molecule has 0 fully saturated rings. The molecule has 0 aliphatic carbocycles. The number of hydrogen-bond donors (Lipinski definition) is 2. The largest absolute Gasteiger partial charge is 0.364 e. The molecule has 0 aromatic rings. The van der Waals surface area contributed by atoms with Gasteiger partial charge in [-0.15, -0.1) is 25.3 Å². The maximum absolute atomic E-state index is 4.61. The zero-order valence-corrected chi connectivity index (χ0v) is 11.0. The fourth-order valence-electron chi connectivity index (χ4n) is 0. The Morgan fingerprint density at radius 2 is 0.917 bits per heavy atom. The van der Waals surface area contributed by atoms with Gasteiger partial charge in [-0.2, -0.15) is 0 Å². The average molecular weight is 242 g/mol. The molecule has 0 saturated carbocycles. The van der Waals surface area contributed by atoms with Gasteiger partial charge < -0.3 is 9.80 Å². The Morgan fingerprint density at radius 1 is 0.833 bits per heavy atom. The molecule has 0 saturated heterocycles. The molecule has 0 aromatic carbocycles. The third kappa shape index (κ3) is 13.1. The van der Waals surface area contributed by atoms with Crippen LogP contribution in [-0.4, -0.2) is 46.6 Å². The summed E-state index contributed by atoms with van der Waals surface area (Å²) in [6.07, 6.45) is 0. The zero-order chi connectivity index (χ0) is 10.3. The molecule has 2 nitrogen and oxygen atoms in total. The first-order valence-corrected chi connectivity index (χ1v) is 4.80. The predicted octanol–water partition coefficient (Wildman–Crippen LogP) is 1.53. The van der Waals surface area contributed by atoms with Crippen molar-refractivity contribution in [3.63, 3.8) is 0 Å². The summed E-state index contributed by atoms with van der Waals surface area (Å²) in [6.45, 7) is 0. The molecule has 0 aliphatic heterocycles. The summed E-state index contributed by atoms with van der Waals surface area (Å²) in [7, 11) is 7.43. The minimum atomic E-state index is 0.620. The number of rotatable bonds is 0. The van der Waals surface area contributed by atoms with Crippen LogP contribution in [0.25, 0.3) is 0 Å². The van der Waals surface area contributed by atoms with E-state index in [0.717, 1.165) is 0 Å². The Hall–Kier alpha value is 0.480. The van der Waals surface area contributed by atoms with Crippen molar-refractivity contribution in [2.24, 2.45) is 0 Å². The lowest BCUT2D eigenvalue weighted by Gasteiger charge is -2.05. The fourth-order valence-corrected chi connectivity index (χ4v) is 0. The molecule has 0 unspecified atom stereocenters. The maximum Gasteiger partial charge on any atom is 0.132 e. The lowest BCUT2D eigenvalue weighted by molar-refractivity contribution is 0.648. The second-order valence-corrected chi connectivity index (χ2v) is 4.58. The Balaban J connectivity index is 0. The van der Waals surface area contributed by atoms with E-state index >= 15 is 0 Å². The van der Waals surface area contributed by atoms with Gasteiger partial charge in [0.15, 0.2) is 0 Å². The van der Waals surface area contributed by atoms with Crippen LogP contribution in [0.1, 0.15) is 0 Å². The molecule has 0 spiro atoms. The predicted molar refractivity (Wildman–Crippen MR) is 70.5 cm³/mol. The monoisotopic (exact) mass is 242 g/mol. The normalized spacial score (nSPS) is 7.83. The van der Waals surface area contributed by atoms with E-state index in [1.54, 1.807) is 9.80 Å². The lowest BCUT2D eigenvalue weighted by Crippen LogP contribution is -2.12. The average Bonchev–Trinajstić information content (AvgIpc) is 1.88. The van der Waals surface area contributed by atoms with Gasteiger partial charge in [0.2, 0.25) is 0 Å². The quantitative estimate of drug-likeness (QED) is 0.491. The molecular weight excluding hydrogens is 228 g/mol. The first-order chi connectivity index (χ1) is 5.29. The highest BCUT2D eigenvalue weighted by atomic mass is 32.1. The molecule has 0 bridgehead atoms. The van der Waals surface area contributed by atoms with Gasteiger partial charge in [-0.25, -0.2) is 0 Å². The molecule has 72 valence electrons. The van der Waals surface area contributed by atoms with Crippen molar-refractivity contribution in [1.82, 2.24) is 9.80 Å². The summed E-state index contributed by atoms with van der Waals surface area (Å²) in [4.78, 5) is 3.52. The van der Waals surface area contributed by atoms with Crippen molar-refractivity contribution in [3.8, 4) is 0 Å². The second-order valence-electron chi connectivity index (χ2n) is 2.35. The standard InChI is InChI=1S/2C3H7NS2/c2*1-4(2)3(5)6/h2*1-2H3,(H,5,6). The first-order valence-electron chi connectivity index (χ1n) is 3.09. The Kier molecular flexibility index (Phi) is 10.1. The third-order valence-electron chi connectivity index (χ3n) is 0.765. The van der Waals surface area contributed by atoms with Crippen molar-refractivity contribution in [2.45, 2.75) is 0 Å². The van der Waals surface area contributed by atoms with Gasteiger partial charge in [0.1, 0.15) is 8.64 Å². The van der Waals surface area contributed by atoms with Crippen LogP contribution in [0.2, 0.25) is 0 Å². The van der Waals surface area contributed by atoms with Crippen LogP contribution in [0.15, 0.2) is 0 Å². The van der Waals surface area contributed by atoms with E-state index in [-0.39, 0.29) is 0 Å². The first kappa shape index (κ1) is 15.0. The number of nitrogens with zero attached hydrogens (tertiary/aromatic N) is 2. The van der Waals surface area contributed by atoms with Crippen LogP contribution < -0.4 is 0 Å². The summed E-state index contributed by atoms with van der Waals surface area (Å²) < 4.78 is 1.24. The summed E-state index contributed by atoms with van der Waals surface area (Å²) >= 11 is 16.9. The van der Waals surface area contributed by atoms with E-state index in [0.29, 0.717) is 8.64 Å². The molecule has 6 heteroatoms. The fraction of sp³-hybridized carbons (Fsp3) is 0.667. The molecule has 0 heterocycles. The van der Waals surface area contributed by atoms with E-state index in [4.69, 9.17) is 0 Å². The maximum atomic E-state index is 4.61. The van der Waals surface area contributed by atoms with Gasteiger partial charge in [0.05, 0.1) is 0 Å². The Morgan fingerprint density at radius 3 is 0.917 bits per heavy atom. The zero-order valence-electron chi connectivity index (χ0n) is 7.61. The summed E-state index contributed by atoms with van der Waals surface area (Å²) in [5.41, 5.74) is 0. The summed E-state index contributed by atoms with van der Waals surface area (Å²) in [5, 5.41) is 0. The van der Waals surface area contributed by atoms with Crippen molar-refractivity contribution >= 4 is 58.3 Å². The highest BCUT2D eigenvalue weighted by Crippen LogP contribution is 1.84. The molecule has 12 heavy (non-hydrogen) atoms. The van der Waals surface area contributed by atoms with Gasteiger partial charge in [0.25, 0.3) is 0 Å². The molecule has 0 N–H and O–H groups in total. The Labute approximate surface area is 96.1 Å². The summed E-state index contributed by atoms with van der Waals surface area (Å²) in [5.74, 6) is 0. The third-order valence-corrected chi connectivity index (χ3v) is 2.30. The van der Waals surface area contributed by atoms with Crippen molar-refractivity contribution in [1.29, 1.82) is 0 Å². The van der Waals surface area contributed by atoms with Gasteiger partial charge in [-0.3, -0.25) is 0 Å². The molecule has 0 radical (unpaired) electrons. The highest BCUT2D eigenvalue weighted by Gasteiger charge is 1.84. The second kappa shape index (κ2) is 8.10. The Bertz CT molecular complexity index is 138. The number of hydrogen-bond acceptors (Lipinski definition) is 2. The van der Waals surface area contributed by atoms with Gasteiger partial charge in [-0.1, -0.05) is 24.4 Å². The van der Waals surface area contributed by atoms with Crippen LogP contribution in [0.4, 0.5) is 0 Å². The van der Waals surface area contributed by atoms with E-state index < -0.39 is 0 Å². The lowest BCUT2D eigenvalue weighted by atomic mass is 11.0. The molecule has 0 rings (SSSR count). The van der Waals surface area contributed by atoms with E-state index in [9.17, 15) is 0 Å².